The number of esters is 1. The van der Waals surface area contributed by atoms with Crippen LogP contribution in [0, 0.1) is 0 Å². The summed E-state index contributed by atoms with van der Waals surface area (Å²) in [4.78, 5) is 23.3. The van der Waals surface area contributed by atoms with Gasteiger partial charge in [-0.15, -0.1) is 0 Å². The minimum absolute atomic E-state index is 0.116. The first-order valence-corrected chi connectivity index (χ1v) is 7.58. The Labute approximate surface area is 139 Å². The first kappa shape index (κ1) is 15.7. The summed E-state index contributed by atoms with van der Waals surface area (Å²) in [5.74, 6) is -0.904. The van der Waals surface area contributed by atoms with Gasteiger partial charge in [-0.05, 0) is 39.3 Å². The number of hydrogen-bond donors (Lipinski definition) is 1. The van der Waals surface area contributed by atoms with E-state index in [9.17, 15) is 9.59 Å². The summed E-state index contributed by atoms with van der Waals surface area (Å²) >= 11 is 0. The molecule has 0 aromatic heterocycles. The standard InChI is InChI=1S/C20H17NO3/c1-13(22)21-19(20(23)24-2)12-15-11-14-7-3-4-8-16(14)18-10-6-5-9-17(15)18/h3-12H,1-2H3,(H,21,22)/b19-12-. The van der Waals surface area contributed by atoms with Gasteiger partial charge >= 0.3 is 5.97 Å². The van der Waals surface area contributed by atoms with Gasteiger partial charge in [-0.2, -0.15) is 0 Å². The van der Waals surface area contributed by atoms with Crippen molar-refractivity contribution in [3.05, 3.63) is 65.9 Å². The molecule has 0 heterocycles. The first-order chi connectivity index (χ1) is 11.6. The lowest BCUT2D eigenvalue weighted by atomic mass is 9.96. The number of fused-ring (bicyclic) bond motifs is 3. The van der Waals surface area contributed by atoms with E-state index < -0.39 is 5.97 Å². The molecule has 1 N–H and O–H groups in total. The zero-order valence-electron chi connectivity index (χ0n) is 13.5. The largest absolute Gasteiger partial charge is 0.464 e. The highest BCUT2D eigenvalue weighted by atomic mass is 16.5. The van der Waals surface area contributed by atoms with Crippen LogP contribution in [0.15, 0.2) is 60.3 Å². The van der Waals surface area contributed by atoms with Gasteiger partial charge in [-0.25, -0.2) is 4.79 Å². The quantitative estimate of drug-likeness (QED) is 0.455. The van der Waals surface area contributed by atoms with Gasteiger partial charge in [0.2, 0.25) is 5.91 Å². The molecule has 3 rings (SSSR count). The number of ether oxygens (including phenoxy) is 1. The summed E-state index contributed by atoms with van der Waals surface area (Å²) in [6.45, 7) is 1.36. The molecular formula is C20H17NO3. The summed E-state index contributed by atoms with van der Waals surface area (Å²) < 4.78 is 4.76. The van der Waals surface area contributed by atoms with Crippen molar-refractivity contribution in [3.63, 3.8) is 0 Å². The molecule has 4 heteroatoms. The molecule has 1 amide bonds. The molecule has 0 radical (unpaired) electrons. The van der Waals surface area contributed by atoms with Crippen molar-refractivity contribution in [3.8, 4) is 0 Å². The van der Waals surface area contributed by atoms with E-state index in [4.69, 9.17) is 4.74 Å². The second kappa shape index (κ2) is 6.54. The fraction of sp³-hybridized carbons (Fsp3) is 0.100. The van der Waals surface area contributed by atoms with Crippen LogP contribution < -0.4 is 5.32 Å². The van der Waals surface area contributed by atoms with Gasteiger partial charge in [0.05, 0.1) is 7.11 Å². The summed E-state index contributed by atoms with van der Waals surface area (Å²) in [6.07, 6.45) is 1.65. The number of benzene rings is 3. The lowest BCUT2D eigenvalue weighted by Gasteiger charge is -2.10. The Hall–Kier alpha value is -3.14. The van der Waals surface area contributed by atoms with E-state index in [-0.39, 0.29) is 11.6 Å². The molecule has 0 fully saturated rings. The Morgan fingerprint density at radius 1 is 0.958 bits per heavy atom. The average Bonchev–Trinajstić information content (AvgIpc) is 2.60. The number of nitrogens with one attached hydrogen (secondary N) is 1. The molecule has 3 aromatic carbocycles. The van der Waals surface area contributed by atoms with E-state index in [1.807, 2.05) is 48.5 Å². The number of methoxy groups -OCH3 is 1. The minimum atomic E-state index is -0.581. The third kappa shape index (κ3) is 2.99. The van der Waals surface area contributed by atoms with Gasteiger partial charge in [-0.3, -0.25) is 4.79 Å². The molecule has 24 heavy (non-hydrogen) atoms. The molecule has 4 nitrogen and oxygen atoms in total. The Kier molecular flexibility index (Phi) is 4.29. The molecule has 120 valence electrons. The number of carbonyl (C=O) groups excluding carboxylic acids is 2. The van der Waals surface area contributed by atoms with E-state index in [0.717, 1.165) is 27.1 Å². The van der Waals surface area contributed by atoms with E-state index in [0.29, 0.717) is 0 Å². The highest BCUT2D eigenvalue weighted by molar-refractivity contribution is 6.12. The van der Waals surface area contributed by atoms with Gasteiger partial charge in [0.15, 0.2) is 0 Å². The molecule has 0 bridgehead atoms. The Balaban J connectivity index is 2.28. The maximum Gasteiger partial charge on any atom is 0.354 e. The van der Waals surface area contributed by atoms with Crippen molar-refractivity contribution in [2.45, 2.75) is 6.92 Å². The van der Waals surface area contributed by atoms with Crippen LogP contribution in [0.2, 0.25) is 0 Å². The number of carbonyl (C=O) groups is 2. The maximum absolute atomic E-state index is 11.9. The van der Waals surface area contributed by atoms with Crippen LogP contribution in [-0.4, -0.2) is 19.0 Å². The molecule has 0 aliphatic heterocycles. The Bertz CT molecular complexity index is 973. The van der Waals surface area contributed by atoms with Gasteiger partial charge in [-0.1, -0.05) is 48.5 Å². The second-order valence-electron chi connectivity index (χ2n) is 5.46. The smallest absolute Gasteiger partial charge is 0.354 e. The van der Waals surface area contributed by atoms with Crippen molar-refractivity contribution in [1.29, 1.82) is 0 Å². The third-order valence-electron chi connectivity index (χ3n) is 3.82. The van der Waals surface area contributed by atoms with Crippen LogP contribution in [0.25, 0.3) is 27.6 Å². The fourth-order valence-corrected chi connectivity index (χ4v) is 2.80. The third-order valence-corrected chi connectivity index (χ3v) is 3.82. The van der Waals surface area contributed by atoms with Crippen molar-refractivity contribution in [1.82, 2.24) is 5.32 Å². The lowest BCUT2D eigenvalue weighted by molar-refractivity contribution is -0.137. The number of hydrogen-bond acceptors (Lipinski definition) is 3. The zero-order valence-corrected chi connectivity index (χ0v) is 13.5. The monoisotopic (exact) mass is 319 g/mol. The lowest BCUT2D eigenvalue weighted by Crippen LogP contribution is -2.25. The van der Waals surface area contributed by atoms with Crippen molar-refractivity contribution in [2.75, 3.05) is 7.11 Å². The summed E-state index contributed by atoms with van der Waals surface area (Å²) in [7, 11) is 1.29. The summed E-state index contributed by atoms with van der Waals surface area (Å²) in [5, 5.41) is 6.84. The molecule has 0 aliphatic rings. The Morgan fingerprint density at radius 2 is 1.58 bits per heavy atom. The number of amides is 1. The molecular weight excluding hydrogens is 302 g/mol. The van der Waals surface area contributed by atoms with Gasteiger partial charge in [0.25, 0.3) is 0 Å². The van der Waals surface area contributed by atoms with Crippen molar-refractivity contribution < 1.29 is 14.3 Å². The predicted octanol–water partition coefficient (Wildman–Crippen LogP) is 3.64. The highest BCUT2D eigenvalue weighted by Crippen LogP contribution is 2.29. The van der Waals surface area contributed by atoms with Gasteiger partial charge in [0, 0.05) is 6.92 Å². The van der Waals surface area contributed by atoms with Crippen LogP contribution >= 0.6 is 0 Å². The topological polar surface area (TPSA) is 55.4 Å². The van der Waals surface area contributed by atoms with Crippen molar-refractivity contribution in [2.24, 2.45) is 0 Å². The van der Waals surface area contributed by atoms with E-state index in [2.05, 4.69) is 11.4 Å². The highest BCUT2D eigenvalue weighted by Gasteiger charge is 2.13. The average molecular weight is 319 g/mol. The molecule has 3 aromatic rings. The van der Waals surface area contributed by atoms with Crippen LogP contribution in [0.1, 0.15) is 12.5 Å². The van der Waals surface area contributed by atoms with Gasteiger partial charge in [0.1, 0.15) is 5.70 Å². The van der Waals surface area contributed by atoms with E-state index in [1.165, 1.54) is 14.0 Å². The first-order valence-electron chi connectivity index (χ1n) is 7.58. The van der Waals surface area contributed by atoms with Crippen LogP contribution in [0.5, 0.6) is 0 Å². The fourth-order valence-electron chi connectivity index (χ4n) is 2.80. The predicted molar refractivity (Wildman–Crippen MR) is 95.3 cm³/mol. The minimum Gasteiger partial charge on any atom is -0.464 e. The summed E-state index contributed by atoms with van der Waals surface area (Å²) in [6, 6.07) is 18.0. The van der Waals surface area contributed by atoms with E-state index >= 15 is 0 Å². The summed E-state index contributed by atoms with van der Waals surface area (Å²) in [5.41, 5.74) is 0.962. The van der Waals surface area contributed by atoms with Crippen molar-refractivity contribution >= 4 is 39.5 Å². The zero-order chi connectivity index (χ0) is 17.1. The number of rotatable bonds is 3. The SMILES string of the molecule is COC(=O)/C(=C/c1cc2ccccc2c2ccccc12)NC(C)=O. The molecule has 0 saturated carbocycles. The molecule has 0 unspecified atom stereocenters. The van der Waals surface area contributed by atoms with Crippen LogP contribution in [0.3, 0.4) is 0 Å². The maximum atomic E-state index is 11.9. The second-order valence-corrected chi connectivity index (χ2v) is 5.46. The van der Waals surface area contributed by atoms with E-state index in [1.54, 1.807) is 6.08 Å². The molecule has 0 atom stereocenters. The van der Waals surface area contributed by atoms with Crippen LogP contribution in [-0.2, 0) is 14.3 Å². The van der Waals surface area contributed by atoms with Gasteiger partial charge < -0.3 is 10.1 Å². The van der Waals surface area contributed by atoms with Crippen LogP contribution in [0.4, 0.5) is 0 Å². The Morgan fingerprint density at radius 3 is 2.25 bits per heavy atom. The molecule has 0 spiro atoms. The molecule has 0 saturated heterocycles. The normalized spacial score (nSPS) is 11.5. The molecule has 0 aliphatic carbocycles.